The smallest absolute Gasteiger partial charge is 0.386 e. The lowest BCUT2D eigenvalue weighted by molar-refractivity contribution is -0.0659. The molecule has 3 rings (SSSR count). The van der Waals surface area contributed by atoms with Crippen molar-refractivity contribution < 1.29 is 61.9 Å². The highest BCUT2D eigenvalue weighted by molar-refractivity contribution is 7.64. The summed E-state index contributed by atoms with van der Waals surface area (Å²) in [5.74, 6) is -2.88. The van der Waals surface area contributed by atoms with Gasteiger partial charge in [-0.15, -0.1) is 0 Å². The van der Waals surface area contributed by atoms with Crippen LogP contribution in [-0.2, 0) is 27.3 Å². The van der Waals surface area contributed by atoms with Gasteiger partial charge < -0.3 is 45.2 Å². The molecule has 1 saturated heterocycles. The summed E-state index contributed by atoms with van der Waals surface area (Å²) in [5.41, 5.74) is 5.67. The summed E-state index contributed by atoms with van der Waals surface area (Å²) in [6.45, 7) is 0. The maximum atomic E-state index is 12.1. The van der Waals surface area contributed by atoms with E-state index in [-0.39, 0.29) is 17.0 Å². The van der Waals surface area contributed by atoms with Gasteiger partial charge in [0.1, 0.15) is 30.2 Å². The van der Waals surface area contributed by atoms with Crippen molar-refractivity contribution in [3.05, 3.63) is 12.7 Å². The van der Waals surface area contributed by atoms with Gasteiger partial charge in [0.15, 0.2) is 23.5 Å². The van der Waals surface area contributed by atoms with Crippen molar-refractivity contribution >= 4 is 40.2 Å². The second-order valence-electron chi connectivity index (χ2n) is 6.18. The number of hydrogen-bond donors (Lipinski definition) is 8. The Hall–Kier alpha value is -1.36. The normalized spacial score (nSPS) is 28.0. The zero-order valence-electron chi connectivity index (χ0n) is 14.8. The predicted octanol–water partition coefficient (Wildman–Crippen LogP) is -2.24. The van der Waals surface area contributed by atoms with Crippen LogP contribution in [0.2, 0.25) is 0 Å². The van der Waals surface area contributed by atoms with Crippen molar-refractivity contribution in [3.63, 3.8) is 0 Å². The molecule has 2 unspecified atom stereocenters. The molecule has 1 aliphatic heterocycles. The second-order valence-corrected chi connectivity index (χ2v) is 10.7. The van der Waals surface area contributed by atoms with Crippen LogP contribution in [0, 0.1) is 0 Å². The molecule has 1 fully saturated rings. The van der Waals surface area contributed by atoms with E-state index in [1.165, 1.54) is 0 Å². The fourth-order valence-electron chi connectivity index (χ4n) is 2.87. The van der Waals surface area contributed by atoms with Gasteiger partial charge in [-0.25, -0.2) is 28.4 Å². The van der Waals surface area contributed by atoms with Gasteiger partial charge in [0.05, 0.1) is 6.33 Å². The third-order valence-electron chi connectivity index (χ3n) is 4.02. The molecule has 174 valence electrons. The van der Waals surface area contributed by atoms with E-state index in [0.717, 1.165) is 17.2 Å². The Kier molecular flexibility index (Phi) is 6.43. The molecule has 31 heavy (non-hydrogen) atoms. The molecule has 0 bridgehead atoms. The zero-order valence-corrected chi connectivity index (χ0v) is 17.5. The van der Waals surface area contributed by atoms with Crippen LogP contribution in [0.15, 0.2) is 12.7 Å². The van der Waals surface area contributed by atoms with E-state index in [0.29, 0.717) is 0 Å². The monoisotopic (exact) mass is 507 g/mol. The van der Waals surface area contributed by atoms with Crippen LogP contribution in [0.1, 0.15) is 6.23 Å². The summed E-state index contributed by atoms with van der Waals surface area (Å²) in [5, 5.41) is 20.7. The predicted molar refractivity (Wildman–Crippen MR) is 95.5 cm³/mol. The third-order valence-corrected chi connectivity index (χ3v) is 7.29. The summed E-state index contributed by atoms with van der Waals surface area (Å²) < 4.78 is 48.7. The van der Waals surface area contributed by atoms with Crippen LogP contribution in [-0.4, -0.2) is 78.4 Å². The number of nitrogen functional groups attached to an aromatic ring is 1. The standard InChI is InChI=1S/C10H16N5O13P3/c11-7-3-8(13-1-12-7)15(2-14-3)9-4(16)5(27-30(20,21)22)6(26-9)10(17)29(18,19)28-31(23,24)25/h1-2,4-6,9-10,16-17H,(H,18,19)(H2,11,12,13)(H2,20,21,22)(H2,23,24,25)/t4-,5+,6+,9-,10?/m1/s1. The number of nitrogens with two attached hydrogens (primary N) is 1. The molecule has 1 aliphatic rings. The Morgan fingerprint density at radius 1 is 1.10 bits per heavy atom. The molecule has 9 N–H and O–H groups in total. The van der Waals surface area contributed by atoms with Gasteiger partial charge in [0.25, 0.3) is 0 Å². The second kappa shape index (κ2) is 8.20. The molecule has 18 nitrogen and oxygen atoms in total. The molecular weight excluding hydrogens is 491 g/mol. The molecule has 21 heteroatoms. The summed E-state index contributed by atoms with van der Waals surface area (Å²) >= 11 is 0. The number of ether oxygens (including phenoxy) is 1. The van der Waals surface area contributed by atoms with Crippen molar-refractivity contribution in [3.8, 4) is 0 Å². The molecule has 0 saturated carbocycles. The van der Waals surface area contributed by atoms with Gasteiger partial charge in [-0.2, -0.15) is 0 Å². The Morgan fingerprint density at radius 2 is 1.74 bits per heavy atom. The van der Waals surface area contributed by atoms with E-state index in [4.69, 9.17) is 30.0 Å². The van der Waals surface area contributed by atoms with Crippen molar-refractivity contribution in [2.45, 2.75) is 30.4 Å². The average molecular weight is 507 g/mol. The Morgan fingerprint density at radius 3 is 2.32 bits per heavy atom. The quantitative estimate of drug-likeness (QED) is 0.184. The van der Waals surface area contributed by atoms with Crippen molar-refractivity contribution in [2.24, 2.45) is 0 Å². The van der Waals surface area contributed by atoms with E-state index in [1.54, 1.807) is 0 Å². The van der Waals surface area contributed by atoms with Gasteiger partial charge in [-0.05, 0) is 0 Å². The van der Waals surface area contributed by atoms with E-state index in [9.17, 15) is 28.8 Å². The van der Waals surface area contributed by atoms with Gasteiger partial charge in [0.2, 0.25) is 0 Å². The lowest BCUT2D eigenvalue weighted by Gasteiger charge is -2.26. The Balaban J connectivity index is 2.01. The van der Waals surface area contributed by atoms with Crippen molar-refractivity contribution in [1.82, 2.24) is 19.5 Å². The largest absolute Gasteiger partial charge is 0.476 e. The lowest BCUT2D eigenvalue weighted by Crippen LogP contribution is -2.40. The molecule has 0 spiro atoms. The van der Waals surface area contributed by atoms with Crippen LogP contribution in [0.25, 0.3) is 11.2 Å². The number of rotatable bonds is 7. The van der Waals surface area contributed by atoms with Gasteiger partial charge in [-0.1, -0.05) is 0 Å². The van der Waals surface area contributed by atoms with E-state index < -0.39 is 53.6 Å². The number of phosphoric ester groups is 1. The number of aliphatic hydroxyl groups is 2. The number of hydrogen-bond acceptors (Lipinski definition) is 12. The number of aliphatic hydroxyl groups excluding tert-OH is 2. The molecule has 0 aliphatic carbocycles. The molecule has 0 aromatic carbocycles. The number of anilines is 1. The zero-order chi connectivity index (χ0) is 23.4. The van der Waals surface area contributed by atoms with Crippen molar-refractivity contribution in [2.75, 3.05) is 5.73 Å². The number of aromatic nitrogens is 4. The molecule has 3 heterocycles. The summed E-state index contributed by atoms with van der Waals surface area (Å²) in [4.78, 5) is 56.9. The molecule has 6 atom stereocenters. The highest BCUT2D eigenvalue weighted by Crippen LogP contribution is 2.61. The SMILES string of the molecule is Nc1ncnc2c1ncn2[C@@H]1O[C@H](C(O)P(=O)(O)OP(=O)(O)O)[C@@H](OP(=O)(O)O)[C@H]1O. The molecule has 0 amide bonds. The molecule has 2 aromatic heterocycles. The number of nitrogens with zero attached hydrogens (tertiary/aromatic N) is 4. The number of phosphoric acid groups is 2. The van der Waals surface area contributed by atoms with Crippen LogP contribution in [0.4, 0.5) is 5.82 Å². The minimum absolute atomic E-state index is 0.0275. The summed E-state index contributed by atoms with van der Waals surface area (Å²) in [6, 6.07) is 0. The topological polar surface area (TPSA) is 290 Å². The fourth-order valence-corrected chi connectivity index (χ4v) is 5.65. The Labute approximate surface area is 171 Å². The number of imidazole rings is 1. The first kappa shape index (κ1) is 24.3. The first-order chi connectivity index (χ1) is 14.1. The molecular formula is C10H16N5O13P3. The van der Waals surface area contributed by atoms with Crippen LogP contribution in [0.3, 0.4) is 0 Å². The highest BCUT2D eigenvalue weighted by atomic mass is 31.3. The van der Waals surface area contributed by atoms with Crippen LogP contribution in [0.5, 0.6) is 0 Å². The van der Waals surface area contributed by atoms with E-state index in [1.807, 2.05) is 0 Å². The first-order valence-corrected chi connectivity index (χ1v) is 12.6. The summed E-state index contributed by atoms with van der Waals surface area (Å²) in [6.07, 6.45) is -5.99. The van der Waals surface area contributed by atoms with Crippen LogP contribution < -0.4 is 5.73 Å². The molecule has 2 aromatic rings. The van der Waals surface area contributed by atoms with E-state index in [2.05, 4.69) is 23.8 Å². The van der Waals surface area contributed by atoms with E-state index >= 15 is 0 Å². The summed E-state index contributed by atoms with van der Waals surface area (Å²) in [7, 11) is -16.5. The van der Waals surface area contributed by atoms with Gasteiger partial charge in [-0.3, -0.25) is 13.7 Å². The maximum Gasteiger partial charge on any atom is 0.476 e. The number of fused-ring (bicyclic) bond motifs is 1. The first-order valence-electron chi connectivity index (χ1n) is 7.88. The van der Waals surface area contributed by atoms with Gasteiger partial charge in [0, 0.05) is 0 Å². The Bertz CT molecular complexity index is 1110. The van der Waals surface area contributed by atoms with Crippen molar-refractivity contribution in [1.29, 1.82) is 0 Å². The highest BCUT2D eigenvalue weighted by Gasteiger charge is 2.56. The maximum absolute atomic E-state index is 12.1. The minimum atomic E-state index is -5.59. The lowest BCUT2D eigenvalue weighted by atomic mass is 10.1. The average Bonchev–Trinajstić information content (AvgIpc) is 3.14. The van der Waals surface area contributed by atoms with Gasteiger partial charge >= 0.3 is 23.2 Å². The third kappa shape index (κ3) is 5.18. The van der Waals surface area contributed by atoms with Crippen LogP contribution >= 0.6 is 23.2 Å². The minimum Gasteiger partial charge on any atom is -0.386 e. The molecule has 0 radical (unpaired) electrons. The fraction of sp³-hybridized carbons (Fsp3) is 0.500.